The zero-order valence-corrected chi connectivity index (χ0v) is 11.7. The molecule has 78 valence electrons. The van der Waals surface area contributed by atoms with Crippen molar-refractivity contribution >= 4 is 44.5 Å². The van der Waals surface area contributed by atoms with Gasteiger partial charge in [-0.05, 0) is 51.4 Å². The van der Waals surface area contributed by atoms with Crippen LogP contribution in [-0.2, 0) is 9.53 Å². The van der Waals surface area contributed by atoms with Crippen LogP contribution in [0.5, 0.6) is 0 Å². The second-order valence-corrected chi connectivity index (χ2v) is 5.26. The number of allylic oxidation sites excluding steroid dienone is 2. The number of rotatable bonds is 4. The molecule has 1 aliphatic heterocycles. The van der Waals surface area contributed by atoms with Gasteiger partial charge in [0, 0.05) is 9.66 Å². The number of hydrogen-bond acceptors (Lipinski definition) is 2. The van der Waals surface area contributed by atoms with E-state index in [-0.39, 0.29) is 5.97 Å². The first-order chi connectivity index (χ1) is 6.65. The highest BCUT2D eigenvalue weighted by Crippen LogP contribution is 2.29. The predicted octanol–water partition coefficient (Wildman–Crippen LogP) is 4.05. The maximum atomic E-state index is 11.0. The maximum absolute atomic E-state index is 11.0. The van der Waals surface area contributed by atoms with Gasteiger partial charge in [-0.1, -0.05) is 19.8 Å². The molecule has 0 aromatic heterocycles. The van der Waals surface area contributed by atoms with Crippen LogP contribution >= 0.6 is 38.5 Å². The molecule has 1 heterocycles. The van der Waals surface area contributed by atoms with Crippen molar-refractivity contribution in [3.8, 4) is 0 Å². The van der Waals surface area contributed by atoms with Crippen LogP contribution in [0.2, 0.25) is 0 Å². The van der Waals surface area contributed by atoms with Gasteiger partial charge in [0.25, 0.3) is 0 Å². The zero-order valence-electron chi connectivity index (χ0n) is 7.98. The fraction of sp³-hybridized carbons (Fsp3) is 0.500. The summed E-state index contributed by atoms with van der Waals surface area (Å²) in [6, 6.07) is 0. The molecule has 0 spiro atoms. The Labute approximate surface area is 106 Å². The van der Waals surface area contributed by atoms with Gasteiger partial charge in [0.05, 0.1) is 0 Å². The molecule has 1 aliphatic rings. The van der Waals surface area contributed by atoms with Crippen molar-refractivity contribution in [3.63, 3.8) is 0 Å². The van der Waals surface area contributed by atoms with Gasteiger partial charge in [-0.3, -0.25) is 0 Å². The summed E-state index contributed by atoms with van der Waals surface area (Å²) in [5.74, 6) is 0.420. The quantitative estimate of drug-likeness (QED) is 0.424. The smallest absolute Gasteiger partial charge is 0.350 e. The summed E-state index contributed by atoms with van der Waals surface area (Å²) in [5.41, 5.74) is 0. The second kappa shape index (κ2) is 5.90. The molecule has 0 aromatic rings. The lowest BCUT2D eigenvalue weighted by Crippen LogP contribution is -1.94. The Bertz CT molecular complexity index is 294. The summed E-state index contributed by atoms with van der Waals surface area (Å²) in [4.78, 5) is 11.0. The van der Waals surface area contributed by atoms with Crippen LogP contribution in [0.4, 0.5) is 0 Å². The highest BCUT2D eigenvalue weighted by molar-refractivity contribution is 14.1. The topological polar surface area (TPSA) is 26.3 Å². The minimum absolute atomic E-state index is 0.287. The molecule has 14 heavy (non-hydrogen) atoms. The normalized spacial score (nSPS) is 19.4. The summed E-state index contributed by atoms with van der Waals surface area (Å²) in [7, 11) is 0. The van der Waals surface area contributed by atoms with Crippen molar-refractivity contribution in [2.45, 2.75) is 32.6 Å². The maximum Gasteiger partial charge on any atom is 0.350 e. The first kappa shape index (κ1) is 12.2. The Morgan fingerprint density at radius 2 is 2.29 bits per heavy atom. The zero-order chi connectivity index (χ0) is 10.6. The van der Waals surface area contributed by atoms with Crippen molar-refractivity contribution in [2.75, 3.05) is 0 Å². The van der Waals surface area contributed by atoms with Gasteiger partial charge in [-0.2, -0.15) is 0 Å². The number of hydrogen-bond donors (Lipinski definition) is 0. The Hall–Kier alpha value is 0.160. The van der Waals surface area contributed by atoms with E-state index in [4.69, 9.17) is 4.74 Å². The first-order valence-electron chi connectivity index (χ1n) is 4.63. The van der Waals surface area contributed by atoms with E-state index in [0.717, 1.165) is 16.4 Å². The van der Waals surface area contributed by atoms with E-state index in [1.54, 1.807) is 6.08 Å². The third-order valence-corrected chi connectivity index (χ3v) is 3.55. The van der Waals surface area contributed by atoms with Gasteiger partial charge in [-0.25, -0.2) is 4.79 Å². The van der Waals surface area contributed by atoms with Gasteiger partial charge in [0.15, 0.2) is 0 Å². The standard InChI is InChI=1S/C10H12BrIO2/c1-2-3-4-5-8(12)9-6-7(11)10(13)14-9/h6H,2-5H2,1H3/b9-8-. The van der Waals surface area contributed by atoms with Crippen molar-refractivity contribution in [1.82, 2.24) is 0 Å². The van der Waals surface area contributed by atoms with Crippen LogP contribution in [0.15, 0.2) is 19.9 Å². The molecule has 0 aromatic carbocycles. The number of halogens is 2. The second-order valence-electron chi connectivity index (χ2n) is 3.11. The van der Waals surface area contributed by atoms with Gasteiger partial charge < -0.3 is 4.74 Å². The average Bonchev–Trinajstić information content (AvgIpc) is 2.47. The Morgan fingerprint density at radius 1 is 1.57 bits per heavy atom. The lowest BCUT2D eigenvalue weighted by Gasteiger charge is -2.01. The fourth-order valence-corrected chi connectivity index (χ4v) is 2.08. The van der Waals surface area contributed by atoms with Gasteiger partial charge in [-0.15, -0.1) is 0 Å². The average molecular weight is 371 g/mol. The predicted molar refractivity (Wildman–Crippen MR) is 68.3 cm³/mol. The lowest BCUT2D eigenvalue weighted by atomic mass is 10.2. The molecule has 4 heteroatoms. The molecule has 0 bridgehead atoms. The van der Waals surface area contributed by atoms with Gasteiger partial charge in [0.1, 0.15) is 10.2 Å². The summed E-state index contributed by atoms with van der Waals surface area (Å²) in [6.07, 6.45) is 6.32. The number of cyclic esters (lactones) is 1. The molecule has 0 amide bonds. The number of esters is 1. The fourth-order valence-electron chi connectivity index (χ4n) is 1.14. The Balaban J connectivity index is 2.54. The molecule has 0 fully saturated rings. The molecular formula is C10H12BrIO2. The van der Waals surface area contributed by atoms with Crippen molar-refractivity contribution in [3.05, 3.63) is 19.9 Å². The van der Waals surface area contributed by atoms with E-state index in [0.29, 0.717) is 10.2 Å². The van der Waals surface area contributed by atoms with Crippen LogP contribution in [0.3, 0.4) is 0 Å². The number of ether oxygens (including phenoxy) is 1. The summed E-state index contributed by atoms with van der Waals surface area (Å²) >= 11 is 5.38. The van der Waals surface area contributed by atoms with Crippen molar-refractivity contribution in [2.24, 2.45) is 0 Å². The molecule has 0 saturated carbocycles. The molecule has 0 saturated heterocycles. The highest BCUT2D eigenvalue weighted by atomic mass is 127. The Morgan fingerprint density at radius 3 is 2.79 bits per heavy atom. The number of carbonyl (C=O) groups excluding carboxylic acids is 1. The van der Waals surface area contributed by atoms with E-state index in [1.807, 2.05) is 0 Å². The highest BCUT2D eigenvalue weighted by Gasteiger charge is 2.20. The summed E-state index contributed by atoms with van der Waals surface area (Å²) < 4.78 is 6.69. The monoisotopic (exact) mass is 370 g/mol. The SMILES string of the molecule is CCCCC/C(I)=C1\C=C(Br)C(=O)O1. The third-order valence-electron chi connectivity index (χ3n) is 1.92. The van der Waals surface area contributed by atoms with E-state index in [1.165, 1.54) is 12.8 Å². The molecule has 0 atom stereocenters. The molecular weight excluding hydrogens is 359 g/mol. The van der Waals surface area contributed by atoms with Crippen molar-refractivity contribution < 1.29 is 9.53 Å². The largest absolute Gasteiger partial charge is 0.422 e. The van der Waals surface area contributed by atoms with Gasteiger partial charge in [0.2, 0.25) is 0 Å². The van der Waals surface area contributed by atoms with E-state index < -0.39 is 0 Å². The van der Waals surface area contributed by atoms with E-state index in [2.05, 4.69) is 45.4 Å². The summed E-state index contributed by atoms with van der Waals surface area (Å²) in [5, 5.41) is 0. The molecule has 0 N–H and O–H groups in total. The van der Waals surface area contributed by atoms with E-state index in [9.17, 15) is 4.79 Å². The van der Waals surface area contributed by atoms with Crippen LogP contribution in [0, 0.1) is 0 Å². The van der Waals surface area contributed by atoms with Crippen LogP contribution < -0.4 is 0 Å². The molecule has 0 aliphatic carbocycles. The lowest BCUT2D eigenvalue weighted by molar-refractivity contribution is -0.132. The molecule has 2 nitrogen and oxygen atoms in total. The third kappa shape index (κ3) is 3.38. The Kier molecular flexibility index (Phi) is 5.15. The van der Waals surface area contributed by atoms with Gasteiger partial charge >= 0.3 is 5.97 Å². The number of unbranched alkanes of at least 4 members (excludes halogenated alkanes) is 2. The molecule has 1 rings (SSSR count). The van der Waals surface area contributed by atoms with Crippen LogP contribution in [0.25, 0.3) is 0 Å². The van der Waals surface area contributed by atoms with Crippen LogP contribution in [-0.4, -0.2) is 5.97 Å². The summed E-state index contributed by atoms with van der Waals surface area (Å²) in [6.45, 7) is 2.17. The first-order valence-corrected chi connectivity index (χ1v) is 6.50. The minimum atomic E-state index is -0.287. The minimum Gasteiger partial charge on any atom is -0.422 e. The number of carbonyl (C=O) groups is 1. The van der Waals surface area contributed by atoms with Crippen molar-refractivity contribution in [1.29, 1.82) is 0 Å². The van der Waals surface area contributed by atoms with E-state index >= 15 is 0 Å². The molecule has 0 unspecified atom stereocenters. The van der Waals surface area contributed by atoms with Crippen LogP contribution in [0.1, 0.15) is 32.6 Å². The molecule has 0 radical (unpaired) electrons.